The summed E-state index contributed by atoms with van der Waals surface area (Å²) in [6.45, 7) is 5.11. The molecule has 0 saturated carbocycles. The third kappa shape index (κ3) is 3.98. The number of nitrogens with zero attached hydrogens (tertiary/aromatic N) is 1. The summed E-state index contributed by atoms with van der Waals surface area (Å²) in [4.78, 5) is 24.8. The third-order valence-corrected chi connectivity index (χ3v) is 3.68. The molecule has 1 heterocycles. The zero-order valence-electron chi connectivity index (χ0n) is 11.3. The van der Waals surface area contributed by atoms with Crippen molar-refractivity contribution in [3.63, 3.8) is 0 Å². The number of carbonyl (C=O) groups excluding carboxylic acids is 1. The highest BCUT2D eigenvalue weighted by molar-refractivity contribution is 5.79. The van der Waals surface area contributed by atoms with Gasteiger partial charge in [-0.15, -0.1) is 0 Å². The van der Waals surface area contributed by atoms with Gasteiger partial charge in [0, 0.05) is 31.5 Å². The molecule has 0 bridgehead atoms. The van der Waals surface area contributed by atoms with E-state index in [2.05, 4.69) is 0 Å². The second-order valence-electron chi connectivity index (χ2n) is 5.22. The number of carbonyl (C=O) groups is 2. The molecule has 2 atom stereocenters. The molecule has 1 aliphatic heterocycles. The van der Waals surface area contributed by atoms with Crippen LogP contribution < -0.4 is 5.73 Å². The summed E-state index contributed by atoms with van der Waals surface area (Å²) in [5.41, 5.74) is 5.93. The van der Waals surface area contributed by atoms with Crippen molar-refractivity contribution >= 4 is 11.9 Å². The molecule has 18 heavy (non-hydrogen) atoms. The molecule has 104 valence electrons. The van der Waals surface area contributed by atoms with Gasteiger partial charge in [-0.1, -0.05) is 13.8 Å². The van der Waals surface area contributed by atoms with Crippen molar-refractivity contribution in [1.29, 1.82) is 0 Å². The molecule has 0 aromatic carbocycles. The van der Waals surface area contributed by atoms with Crippen molar-refractivity contribution in [2.75, 3.05) is 13.1 Å². The Bertz CT molecular complexity index is 303. The number of likely N-dealkylation sites (tertiary alicyclic amines) is 1. The molecule has 5 heteroatoms. The number of carboxylic acids is 1. The predicted molar refractivity (Wildman–Crippen MR) is 69.0 cm³/mol. The lowest BCUT2D eigenvalue weighted by atomic mass is 9.90. The maximum absolute atomic E-state index is 12.3. The summed E-state index contributed by atoms with van der Waals surface area (Å²) < 4.78 is 0. The summed E-state index contributed by atoms with van der Waals surface area (Å²) in [7, 11) is 0. The van der Waals surface area contributed by atoms with Gasteiger partial charge in [-0.3, -0.25) is 9.59 Å². The van der Waals surface area contributed by atoms with E-state index in [1.54, 1.807) is 4.90 Å². The van der Waals surface area contributed by atoms with Crippen LogP contribution in [0.25, 0.3) is 0 Å². The fourth-order valence-corrected chi connectivity index (χ4v) is 2.72. The zero-order valence-corrected chi connectivity index (χ0v) is 11.3. The number of piperidine rings is 1. The molecule has 0 spiro atoms. The van der Waals surface area contributed by atoms with E-state index in [9.17, 15) is 9.59 Å². The number of rotatable bonds is 5. The maximum atomic E-state index is 12.3. The van der Waals surface area contributed by atoms with Crippen molar-refractivity contribution in [3.8, 4) is 0 Å². The molecular formula is C13H24N2O3. The maximum Gasteiger partial charge on any atom is 0.303 e. The highest BCUT2D eigenvalue weighted by Gasteiger charge is 2.31. The molecular weight excluding hydrogens is 232 g/mol. The van der Waals surface area contributed by atoms with Crippen molar-refractivity contribution in [3.05, 3.63) is 0 Å². The lowest BCUT2D eigenvalue weighted by Crippen LogP contribution is -2.51. The minimum atomic E-state index is -0.816. The number of aliphatic carboxylic acids is 1. The third-order valence-electron chi connectivity index (χ3n) is 3.68. The van der Waals surface area contributed by atoms with E-state index in [1.165, 1.54) is 0 Å². The highest BCUT2D eigenvalue weighted by atomic mass is 16.4. The number of nitrogens with two attached hydrogens (primary N) is 1. The molecule has 1 aliphatic rings. The van der Waals surface area contributed by atoms with Gasteiger partial charge in [-0.2, -0.15) is 0 Å². The van der Waals surface area contributed by atoms with Crippen LogP contribution in [-0.4, -0.2) is 41.0 Å². The Morgan fingerprint density at radius 2 is 1.94 bits per heavy atom. The fourth-order valence-electron chi connectivity index (χ4n) is 2.72. The molecule has 1 fully saturated rings. The summed E-state index contributed by atoms with van der Waals surface area (Å²) in [5, 5.41) is 8.83. The normalized spacial score (nSPS) is 24.3. The smallest absolute Gasteiger partial charge is 0.303 e. The zero-order chi connectivity index (χ0) is 13.7. The molecule has 3 N–H and O–H groups in total. The van der Waals surface area contributed by atoms with Crippen LogP contribution in [0.15, 0.2) is 0 Å². The Morgan fingerprint density at radius 1 is 1.33 bits per heavy atom. The Morgan fingerprint density at radius 3 is 2.44 bits per heavy atom. The Balaban J connectivity index is 2.64. The Hall–Kier alpha value is -1.10. The van der Waals surface area contributed by atoms with Gasteiger partial charge in [0.15, 0.2) is 0 Å². The molecule has 1 saturated heterocycles. The molecule has 0 radical (unpaired) electrons. The fraction of sp³-hybridized carbons (Fsp3) is 0.846. The van der Waals surface area contributed by atoms with Crippen molar-refractivity contribution in [2.45, 2.75) is 45.6 Å². The van der Waals surface area contributed by atoms with E-state index >= 15 is 0 Å². The van der Waals surface area contributed by atoms with E-state index < -0.39 is 5.97 Å². The van der Waals surface area contributed by atoms with Crippen LogP contribution in [0.4, 0.5) is 0 Å². The summed E-state index contributed by atoms with van der Waals surface area (Å²) in [6.07, 6.45) is 2.44. The average Bonchev–Trinajstić information content (AvgIpc) is 2.28. The standard InChI is InChI=1S/C13H24N2O3/c1-3-10(4-2)13(18)15-7-9(6-12(16)17)5-11(14)8-15/h9-11H,3-8,14H2,1-2H3,(H,16,17). The molecule has 0 aliphatic carbocycles. The quantitative estimate of drug-likeness (QED) is 0.770. The van der Waals surface area contributed by atoms with Gasteiger partial charge in [0.05, 0.1) is 0 Å². The van der Waals surface area contributed by atoms with Crippen LogP contribution in [0.3, 0.4) is 0 Å². The first-order valence-corrected chi connectivity index (χ1v) is 6.74. The van der Waals surface area contributed by atoms with Gasteiger partial charge in [-0.05, 0) is 25.2 Å². The van der Waals surface area contributed by atoms with Crippen LogP contribution in [0.2, 0.25) is 0 Å². The number of carboxylic acid groups (broad SMARTS) is 1. The Labute approximate surface area is 108 Å². The minimum Gasteiger partial charge on any atom is -0.481 e. The van der Waals surface area contributed by atoms with Crippen LogP contribution in [0, 0.1) is 11.8 Å². The number of hydrogen-bond acceptors (Lipinski definition) is 3. The summed E-state index contributed by atoms with van der Waals surface area (Å²) >= 11 is 0. The van der Waals surface area contributed by atoms with E-state index in [0.29, 0.717) is 19.5 Å². The van der Waals surface area contributed by atoms with Crippen LogP contribution in [0.1, 0.15) is 39.5 Å². The van der Waals surface area contributed by atoms with E-state index in [0.717, 1.165) is 12.8 Å². The molecule has 1 amide bonds. The van der Waals surface area contributed by atoms with Gasteiger partial charge >= 0.3 is 5.97 Å². The number of amides is 1. The first-order valence-electron chi connectivity index (χ1n) is 6.74. The molecule has 1 rings (SSSR count). The van der Waals surface area contributed by atoms with E-state index in [-0.39, 0.29) is 30.2 Å². The largest absolute Gasteiger partial charge is 0.481 e. The predicted octanol–water partition coefficient (Wildman–Crippen LogP) is 1.07. The van der Waals surface area contributed by atoms with Crippen molar-refractivity contribution in [2.24, 2.45) is 17.6 Å². The molecule has 2 unspecified atom stereocenters. The van der Waals surface area contributed by atoms with Gasteiger partial charge in [0.25, 0.3) is 0 Å². The SMILES string of the molecule is CCC(CC)C(=O)N1CC(N)CC(CC(=O)O)C1. The lowest BCUT2D eigenvalue weighted by Gasteiger charge is -2.37. The molecule has 5 nitrogen and oxygen atoms in total. The first-order chi connectivity index (χ1) is 8.47. The second kappa shape index (κ2) is 6.73. The van der Waals surface area contributed by atoms with Crippen LogP contribution in [-0.2, 0) is 9.59 Å². The van der Waals surface area contributed by atoms with Gasteiger partial charge in [0.2, 0.25) is 5.91 Å². The van der Waals surface area contributed by atoms with Gasteiger partial charge in [-0.25, -0.2) is 0 Å². The second-order valence-corrected chi connectivity index (χ2v) is 5.22. The minimum absolute atomic E-state index is 0.00966. The summed E-state index contributed by atoms with van der Waals surface area (Å²) in [6, 6.07) is -0.0959. The lowest BCUT2D eigenvalue weighted by molar-refractivity contribution is -0.142. The van der Waals surface area contributed by atoms with Crippen LogP contribution >= 0.6 is 0 Å². The average molecular weight is 256 g/mol. The van der Waals surface area contributed by atoms with E-state index in [1.807, 2.05) is 13.8 Å². The number of hydrogen-bond donors (Lipinski definition) is 2. The highest BCUT2D eigenvalue weighted by Crippen LogP contribution is 2.22. The first kappa shape index (κ1) is 15.0. The van der Waals surface area contributed by atoms with E-state index in [4.69, 9.17) is 10.8 Å². The topological polar surface area (TPSA) is 83.6 Å². The van der Waals surface area contributed by atoms with Gasteiger partial charge in [0.1, 0.15) is 0 Å². The van der Waals surface area contributed by atoms with Crippen LogP contribution in [0.5, 0.6) is 0 Å². The molecule has 0 aromatic rings. The van der Waals surface area contributed by atoms with Crippen molar-refractivity contribution in [1.82, 2.24) is 4.90 Å². The van der Waals surface area contributed by atoms with Crippen molar-refractivity contribution < 1.29 is 14.7 Å². The van der Waals surface area contributed by atoms with Gasteiger partial charge < -0.3 is 15.7 Å². The molecule has 0 aromatic heterocycles. The Kier molecular flexibility index (Phi) is 5.59. The summed E-state index contributed by atoms with van der Waals surface area (Å²) in [5.74, 6) is -0.653. The monoisotopic (exact) mass is 256 g/mol.